The number of carbonyl (C=O) groups is 2. The van der Waals surface area contributed by atoms with Crippen molar-refractivity contribution in [3.63, 3.8) is 0 Å². The lowest BCUT2D eigenvalue weighted by Crippen LogP contribution is -2.24. The van der Waals surface area contributed by atoms with Gasteiger partial charge in [0.05, 0.1) is 24.7 Å². The van der Waals surface area contributed by atoms with E-state index in [0.29, 0.717) is 0 Å². The van der Waals surface area contributed by atoms with Crippen molar-refractivity contribution in [1.82, 2.24) is 0 Å². The van der Waals surface area contributed by atoms with Gasteiger partial charge in [-0.15, -0.1) is 0 Å². The summed E-state index contributed by atoms with van der Waals surface area (Å²) in [6.07, 6.45) is -4.11. The van der Waals surface area contributed by atoms with Crippen LogP contribution in [-0.2, 0) is 9.53 Å². The molecule has 0 saturated carbocycles. The third-order valence-electron chi connectivity index (χ3n) is 2.58. The zero-order valence-corrected chi connectivity index (χ0v) is 10.7. The molecular weight excluding hydrogens is 271 g/mol. The number of carboxylic acids is 1. The van der Waals surface area contributed by atoms with Crippen LogP contribution >= 0.6 is 0 Å². The molecule has 0 fully saturated rings. The van der Waals surface area contributed by atoms with Gasteiger partial charge in [-0.1, -0.05) is 0 Å². The Morgan fingerprint density at radius 3 is 2.55 bits per heavy atom. The summed E-state index contributed by atoms with van der Waals surface area (Å²) in [6, 6.07) is 2.98. The Labute approximate surface area is 114 Å². The first-order valence-corrected chi connectivity index (χ1v) is 5.91. The van der Waals surface area contributed by atoms with E-state index in [2.05, 4.69) is 0 Å². The van der Waals surface area contributed by atoms with Gasteiger partial charge in [-0.2, -0.15) is 0 Å². The van der Waals surface area contributed by atoms with Crippen molar-refractivity contribution in [2.24, 2.45) is 0 Å². The van der Waals surface area contributed by atoms with Crippen LogP contribution in [0.1, 0.15) is 35.4 Å². The molecule has 7 heteroatoms. The number of hydrogen-bond acceptors (Lipinski definition) is 5. The third kappa shape index (κ3) is 4.01. The minimum Gasteiger partial charge on any atom is -0.481 e. The molecule has 0 aliphatic rings. The summed E-state index contributed by atoms with van der Waals surface area (Å²) in [5.41, 5.74) is -0.331. The molecule has 1 aromatic carbocycles. The first kappa shape index (κ1) is 16.1. The lowest BCUT2D eigenvalue weighted by atomic mass is 9.97. The number of hydrogen-bond donors (Lipinski definition) is 3. The molecule has 0 spiro atoms. The fourth-order valence-electron chi connectivity index (χ4n) is 1.67. The van der Waals surface area contributed by atoms with Gasteiger partial charge in [0.15, 0.2) is 0 Å². The topological polar surface area (TPSA) is 104 Å². The Morgan fingerprint density at radius 1 is 1.35 bits per heavy atom. The molecule has 2 atom stereocenters. The number of carboxylic acid groups (broad SMARTS) is 1. The smallest absolute Gasteiger partial charge is 0.338 e. The van der Waals surface area contributed by atoms with E-state index >= 15 is 0 Å². The Balaban J connectivity index is 3.11. The molecule has 110 valence electrons. The van der Waals surface area contributed by atoms with E-state index in [0.717, 1.165) is 18.2 Å². The number of esters is 1. The van der Waals surface area contributed by atoms with Crippen LogP contribution in [0.4, 0.5) is 4.39 Å². The quantitative estimate of drug-likeness (QED) is 0.670. The van der Waals surface area contributed by atoms with Crippen molar-refractivity contribution < 1.29 is 34.0 Å². The number of rotatable bonds is 6. The summed E-state index contributed by atoms with van der Waals surface area (Å²) >= 11 is 0. The summed E-state index contributed by atoms with van der Waals surface area (Å²) in [5, 5.41) is 28.0. The molecule has 6 nitrogen and oxygen atoms in total. The Kier molecular flexibility index (Phi) is 5.60. The van der Waals surface area contributed by atoms with Crippen LogP contribution in [0.5, 0.6) is 0 Å². The molecule has 0 saturated heterocycles. The molecule has 0 aliphatic carbocycles. The zero-order chi connectivity index (χ0) is 15.3. The first-order valence-electron chi connectivity index (χ1n) is 5.91. The molecule has 1 rings (SSSR count). The van der Waals surface area contributed by atoms with Crippen LogP contribution in [0.3, 0.4) is 0 Å². The molecule has 0 aliphatic heterocycles. The highest BCUT2D eigenvalue weighted by Gasteiger charge is 2.26. The van der Waals surface area contributed by atoms with Gasteiger partial charge in [-0.05, 0) is 25.1 Å². The van der Waals surface area contributed by atoms with Crippen LogP contribution in [0.15, 0.2) is 18.2 Å². The number of halogens is 1. The van der Waals surface area contributed by atoms with E-state index in [4.69, 9.17) is 9.84 Å². The molecule has 0 aromatic heterocycles. The van der Waals surface area contributed by atoms with Crippen molar-refractivity contribution in [3.05, 3.63) is 35.1 Å². The van der Waals surface area contributed by atoms with E-state index in [9.17, 15) is 24.2 Å². The minimum absolute atomic E-state index is 0.0867. The lowest BCUT2D eigenvalue weighted by Gasteiger charge is -2.19. The van der Waals surface area contributed by atoms with Crippen LogP contribution in [-0.4, -0.2) is 40.0 Å². The van der Waals surface area contributed by atoms with E-state index in [1.807, 2.05) is 0 Å². The number of aliphatic hydroxyl groups is 2. The van der Waals surface area contributed by atoms with Crippen molar-refractivity contribution in [2.45, 2.75) is 25.6 Å². The van der Waals surface area contributed by atoms with Crippen molar-refractivity contribution >= 4 is 11.9 Å². The van der Waals surface area contributed by atoms with Crippen LogP contribution < -0.4 is 0 Å². The van der Waals surface area contributed by atoms with Gasteiger partial charge in [-0.3, -0.25) is 4.79 Å². The van der Waals surface area contributed by atoms with Crippen LogP contribution in [0.25, 0.3) is 0 Å². The summed E-state index contributed by atoms with van der Waals surface area (Å²) in [6.45, 7) is 1.67. The Hall–Kier alpha value is -1.99. The van der Waals surface area contributed by atoms with Gasteiger partial charge in [-0.25, -0.2) is 9.18 Å². The monoisotopic (exact) mass is 286 g/mol. The molecule has 0 heterocycles. The van der Waals surface area contributed by atoms with Crippen molar-refractivity contribution in [1.29, 1.82) is 0 Å². The molecule has 0 radical (unpaired) electrons. The Bertz CT molecular complexity index is 502. The highest BCUT2D eigenvalue weighted by Crippen LogP contribution is 2.24. The molecule has 0 amide bonds. The van der Waals surface area contributed by atoms with Gasteiger partial charge in [0.25, 0.3) is 0 Å². The molecule has 2 unspecified atom stereocenters. The van der Waals surface area contributed by atoms with E-state index in [1.165, 1.54) is 0 Å². The fourth-order valence-corrected chi connectivity index (χ4v) is 1.67. The summed E-state index contributed by atoms with van der Waals surface area (Å²) < 4.78 is 18.0. The van der Waals surface area contributed by atoms with Gasteiger partial charge in [0.2, 0.25) is 0 Å². The van der Waals surface area contributed by atoms with Gasteiger partial charge in [0.1, 0.15) is 11.9 Å². The normalized spacial score (nSPS) is 13.6. The minimum atomic E-state index is -1.71. The second-order valence-electron chi connectivity index (χ2n) is 4.06. The van der Waals surface area contributed by atoms with Gasteiger partial charge >= 0.3 is 11.9 Å². The van der Waals surface area contributed by atoms with E-state index < -0.39 is 36.4 Å². The fraction of sp³-hybridized carbons (Fsp3) is 0.385. The average Bonchev–Trinajstić information content (AvgIpc) is 2.37. The average molecular weight is 286 g/mol. The van der Waals surface area contributed by atoms with Gasteiger partial charge < -0.3 is 20.1 Å². The second kappa shape index (κ2) is 6.97. The first-order chi connectivity index (χ1) is 9.36. The largest absolute Gasteiger partial charge is 0.481 e. The third-order valence-corrected chi connectivity index (χ3v) is 2.58. The highest BCUT2D eigenvalue weighted by atomic mass is 19.1. The van der Waals surface area contributed by atoms with E-state index in [-0.39, 0.29) is 17.7 Å². The number of aliphatic hydroxyl groups excluding tert-OH is 2. The SMILES string of the molecule is CCOC(=O)c1ccc(F)cc1C(O)C(O)CC(=O)O. The second-order valence-corrected chi connectivity index (χ2v) is 4.06. The predicted octanol–water partition coefficient (Wildman–Crippen LogP) is 0.871. The highest BCUT2D eigenvalue weighted by molar-refractivity contribution is 5.91. The van der Waals surface area contributed by atoms with Gasteiger partial charge in [0, 0.05) is 5.56 Å². The lowest BCUT2D eigenvalue weighted by molar-refractivity contribution is -0.141. The van der Waals surface area contributed by atoms with Crippen molar-refractivity contribution in [2.75, 3.05) is 6.61 Å². The van der Waals surface area contributed by atoms with E-state index in [1.54, 1.807) is 6.92 Å². The van der Waals surface area contributed by atoms with Crippen molar-refractivity contribution in [3.8, 4) is 0 Å². The summed E-state index contributed by atoms with van der Waals surface area (Å²) in [5.74, 6) is -2.84. The molecule has 0 bridgehead atoms. The number of aliphatic carboxylic acids is 1. The molecule has 3 N–H and O–H groups in total. The maximum absolute atomic E-state index is 13.2. The summed E-state index contributed by atoms with van der Waals surface area (Å²) in [4.78, 5) is 22.2. The molecule has 1 aromatic rings. The number of ether oxygens (including phenoxy) is 1. The van der Waals surface area contributed by atoms with Crippen LogP contribution in [0.2, 0.25) is 0 Å². The maximum atomic E-state index is 13.2. The number of carbonyl (C=O) groups excluding carboxylic acids is 1. The summed E-state index contributed by atoms with van der Waals surface area (Å²) in [7, 11) is 0. The Morgan fingerprint density at radius 2 is 2.00 bits per heavy atom. The zero-order valence-electron chi connectivity index (χ0n) is 10.7. The standard InChI is InChI=1S/C13H15FO6/c1-2-20-13(19)8-4-3-7(14)5-9(8)12(18)10(15)6-11(16)17/h3-5,10,12,15,18H,2,6H2,1H3,(H,16,17). The predicted molar refractivity (Wildman–Crippen MR) is 65.6 cm³/mol. The molecule has 20 heavy (non-hydrogen) atoms. The number of benzene rings is 1. The van der Waals surface area contributed by atoms with Crippen LogP contribution in [0, 0.1) is 5.82 Å². The molecular formula is C13H15FO6. The maximum Gasteiger partial charge on any atom is 0.338 e.